The van der Waals surface area contributed by atoms with E-state index in [-0.39, 0.29) is 0 Å². The van der Waals surface area contributed by atoms with E-state index in [1.165, 1.54) is 11.8 Å². The molecule has 0 saturated carbocycles. The van der Waals surface area contributed by atoms with E-state index in [1.807, 2.05) is 30.3 Å². The zero-order valence-corrected chi connectivity index (χ0v) is 14.9. The summed E-state index contributed by atoms with van der Waals surface area (Å²) in [6.45, 7) is 0.762. The average Bonchev–Trinajstić information content (AvgIpc) is 2.64. The van der Waals surface area contributed by atoms with Gasteiger partial charge in [-0.2, -0.15) is 10.1 Å². The number of halogens is 2. The largest absolute Gasteiger partial charge is 0.353 e. The highest BCUT2D eigenvalue weighted by Gasteiger charge is 2.06. The minimum Gasteiger partial charge on any atom is -0.353 e. The molecule has 2 N–H and O–H groups in total. The van der Waals surface area contributed by atoms with Gasteiger partial charge >= 0.3 is 0 Å². The fraction of sp³-hybridized carbons (Fsp3) is 0.167. The van der Waals surface area contributed by atoms with Crippen LogP contribution in [0.1, 0.15) is 12.0 Å². The average molecular weight is 374 g/mol. The molecular weight excluding hydrogens is 357 g/mol. The van der Waals surface area contributed by atoms with E-state index in [9.17, 15) is 0 Å². The number of rotatable bonds is 7. The highest BCUT2D eigenvalue weighted by molar-refractivity contribution is 6.43. The molecular formula is C18H17Cl2N5. The summed E-state index contributed by atoms with van der Waals surface area (Å²) >= 11 is 12.2. The Labute approximate surface area is 156 Å². The molecule has 0 spiro atoms. The van der Waals surface area contributed by atoms with Crippen molar-refractivity contribution in [3.05, 3.63) is 70.3 Å². The lowest BCUT2D eigenvalue weighted by atomic mass is 10.1. The van der Waals surface area contributed by atoms with Crippen LogP contribution in [0.2, 0.25) is 10.0 Å². The maximum absolute atomic E-state index is 6.17. The molecule has 3 aromatic rings. The number of aromatic nitrogens is 3. The first-order valence-corrected chi connectivity index (χ1v) is 8.66. The molecule has 0 unspecified atom stereocenters. The molecule has 7 heteroatoms. The summed E-state index contributed by atoms with van der Waals surface area (Å²) in [5, 5.41) is 15.2. The molecule has 1 aromatic heterocycles. The SMILES string of the molecule is Clc1cccc(Nc2cnnc(NCCCc3ccccc3)n2)c1Cl. The third kappa shape index (κ3) is 5.05. The molecule has 1 heterocycles. The van der Waals surface area contributed by atoms with Crippen LogP contribution >= 0.6 is 23.2 Å². The molecule has 3 rings (SSSR count). The van der Waals surface area contributed by atoms with Crippen LogP contribution in [-0.4, -0.2) is 21.7 Å². The molecule has 0 bridgehead atoms. The van der Waals surface area contributed by atoms with E-state index in [1.54, 1.807) is 6.07 Å². The Morgan fingerprint density at radius 1 is 0.960 bits per heavy atom. The number of nitrogens with zero attached hydrogens (tertiary/aromatic N) is 3. The zero-order valence-electron chi connectivity index (χ0n) is 13.4. The Balaban J connectivity index is 1.55. The number of nitrogens with one attached hydrogen (secondary N) is 2. The molecule has 0 radical (unpaired) electrons. The van der Waals surface area contributed by atoms with Gasteiger partial charge in [-0.15, -0.1) is 5.10 Å². The van der Waals surface area contributed by atoms with Crippen molar-refractivity contribution in [3.8, 4) is 0 Å². The van der Waals surface area contributed by atoms with Crippen molar-refractivity contribution < 1.29 is 0 Å². The minimum absolute atomic E-state index is 0.445. The van der Waals surface area contributed by atoms with Gasteiger partial charge < -0.3 is 10.6 Å². The summed E-state index contributed by atoms with van der Waals surface area (Å²) in [6.07, 6.45) is 3.51. The molecule has 128 valence electrons. The maximum Gasteiger partial charge on any atom is 0.244 e. The maximum atomic E-state index is 6.17. The predicted octanol–water partition coefficient (Wildman–Crippen LogP) is 4.97. The second-order valence-corrected chi connectivity index (χ2v) is 6.19. The van der Waals surface area contributed by atoms with Crippen molar-refractivity contribution in [2.24, 2.45) is 0 Å². The zero-order chi connectivity index (χ0) is 17.5. The number of anilines is 3. The first-order valence-electron chi connectivity index (χ1n) is 7.91. The van der Waals surface area contributed by atoms with Crippen LogP contribution in [0.3, 0.4) is 0 Å². The normalized spacial score (nSPS) is 10.5. The van der Waals surface area contributed by atoms with Gasteiger partial charge in [-0.25, -0.2) is 0 Å². The molecule has 0 aliphatic rings. The number of benzene rings is 2. The molecule has 0 atom stereocenters. The van der Waals surface area contributed by atoms with Crippen LogP contribution in [0, 0.1) is 0 Å². The van der Waals surface area contributed by atoms with E-state index >= 15 is 0 Å². The number of hydrogen-bond donors (Lipinski definition) is 2. The molecule has 0 aliphatic heterocycles. The number of hydrogen-bond acceptors (Lipinski definition) is 5. The first-order chi connectivity index (χ1) is 12.2. The summed E-state index contributed by atoms with van der Waals surface area (Å²) in [5.41, 5.74) is 1.99. The summed E-state index contributed by atoms with van der Waals surface area (Å²) in [4.78, 5) is 4.39. The lowest BCUT2D eigenvalue weighted by Gasteiger charge is -2.09. The Morgan fingerprint density at radius 3 is 2.64 bits per heavy atom. The van der Waals surface area contributed by atoms with Gasteiger partial charge in [-0.1, -0.05) is 59.6 Å². The van der Waals surface area contributed by atoms with Crippen molar-refractivity contribution >= 4 is 40.7 Å². The van der Waals surface area contributed by atoms with Crippen molar-refractivity contribution in [1.82, 2.24) is 15.2 Å². The van der Waals surface area contributed by atoms with Crippen LogP contribution < -0.4 is 10.6 Å². The molecule has 0 amide bonds. The summed E-state index contributed by atoms with van der Waals surface area (Å²) in [7, 11) is 0. The topological polar surface area (TPSA) is 62.7 Å². The third-order valence-electron chi connectivity index (χ3n) is 3.54. The Hall–Kier alpha value is -2.37. The highest BCUT2D eigenvalue weighted by atomic mass is 35.5. The fourth-order valence-corrected chi connectivity index (χ4v) is 2.66. The lowest BCUT2D eigenvalue weighted by Crippen LogP contribution is -2.08. The highest BCUT2D eigenvalue weighted by Crippen LogP contribution is 2.31. The first kappa shape index (κ1) is 17.5. The lowest BCUT2D eigenvalue weighted by molar-refractivity contribution is 0.843. The van der Waals surface area contributed by atoms with Crippen molar-refractivity contribution in [2.45, 2.75) is 12.8 Å². The van der Waals surface area contributed by atoms with Crippen LogP contribution in [0.25, 0.3) is 0 Å². The van der Waals surface area contributed by atoms with Gasteiger partial charge in [0.1, 0.15) is 0 Å². The van der Waals surface area contributed by atoms with Gasteiger partial charge in [-0.05, 0) is 30.5 Å². The van der Waals surface area contributed by atoms with Crippen LogP contribution in [0.5, 0.6) is 0 Å². The van der Waals surface area contributed by atoms with Crippen LogP contribution in [-0.2, 0) is 6.42 Å². The second kappa shape index (κ2) is 8.65. The third-order valence-corrected chi connectivity index (χ3v) is 4.36. The summed E-state index contributed by atoms with van der Waals surface area (Å²) in [6, 6.07) is 15.7. The Morgan fingerprint density at radius 2 is 1.80 bits per heavy atom. The van der Waals surface area contributed by atoms with Crippen LogP contribution in [0.15, 0.2) is 54.7 Å². The van der Waals surface area contributed by atoms with E-state index in [2.05, 4.69) is 37.9 Å². The van der Waals surface area contributed by atoms with Gasteiger partial charge in [0, 0.05) is 6.54 Å². The fourth-order valence-electron chi connectivity index (χ4n) is 2.31. The second-order valence-electron chi connectivity index (χ2n) is 5.41. The molecule has 0 fully saturated rings. The number of aryl methyl sites for hydroxylation is 1. The van der Waals surface area contributed by atoms with Crippen molar-refractivity contribution in [1.29, 1.82) is 0 Å². The molecule has 2 aromatic carbocycles. The van der Waals surface area contributed by atoms with E-state index in [0.717, 1.165) is 19.4 Å². The van der Waals surface area contributed by atoms with E-state index in [4.69, 9.17) is 23.2 Å². The van der Waals surface area contributed by atoms with Crippen molar-refractivity contribution in [2.75, 3.05) is 17.2 Å². The minimum atomic E-state index is 0.445. The summed E-state index contributed by atoms with van der Waals surface area (Å²) < 4.78 is 0. The Bertz CT molecular complexity index is 827. The molecule has 5 nitrogen and oxygen atoms in total. The van der Waals surface area contributed by atoms with Gasteiger partial charge in [-0.3, -0.25) is 0 Å². The quantitative estimate of drug-likeness (QED) is 0.572. The summed E-state index contributed by atoms with van der Waals surface area (Å²) in [5.74, 6) is 1.01. The van der Waals surface area contributed by atoms with Crippen molar-refractivity contribution in [3.63, 3.8) is 0 Å². The Kier molecular flexibility index (Phi) is 6.04. The van der Waals surface area contributed by atoms with Gasteiger partial charge in [0.25, 0.3) is 0 Å². The molecule has 0 saturated heterocycles. The van der Waals surface area contributed by atoms with E-state index in [0.29, 0.717) is 27.5 Å². The molecule has 25 heavy (non-hydrogen) atoms. The van der Waals surface area contributed by atoms with Gasteiger partial charge in [0.15, 0.2) is 5.82 Å². The van der Waals surface area contributed by atoms with E-state index < -0.39 is 0 Å². The standard InChI is InChI=1S/C18H17Cl2N5/c19-14-9-4-10-15(17(14)20)23-16-12-22-25-18(24-16)21-11-5-8-13-6-2-1-3-7-13/h1-4,6-7,9-10,12H,5,8,11H2,(H2,21,23,24,25). The predicted molar refractivity (Wildman–Crippen MR) is 103 cm³/mol. The van der Waals surface area contributed by atoms with Gasteiger partial charge in [0.2, 0.25) is 5.95 Å². The monoisotopic (exact) mass is 373 g/mol. The smallest absolute Gasteiger partial charge is 0.244 e. The molecule has 0 aliphatic carbocycles. The van der Waals surface area contributed by atoms with Crippen LogP contribution in [0.4, 0.5) is 17.5 Å². The van der Waals surface area contributed by atoms with Gasteiger partial charge in [0.05, 0.1) is 21.9 Å².